The Hall–Kier alpha value is -3.38. The summed E-state index contributed by atoms with van der Waals surface area (Å²) in [6.45, 7) is 0. The number of hydrogen-bond acceptors (Lipinski definition) is 4. The van der Waals surface area contributed by atoms with Gasteiger partial charge in [0.05, 0.1) is 12.7 Å². The van der Waals surface area contributed by atoms with Gasteiger partial charge in [-0.05, 0) is 48.5 Å². The summed E-state index contributed by atoms with van der Waals surface area (Å²) in [5, 5.41) is 5.94. The fraction of sp³-hybridized carbons (Fsp3) is 0.0500. The second-order valence-electron chi connectivity index (χ2n) is 5.57. The fourth-order valence-electron chi connectivity index (χ4n) is 2.43. The molecule has 27 heavy (non-hydrogen) atoms. The highest BCUT2D eigenvalue weighted by Crippen LogP contribution is 2.24. The third-order valence-electron chi connectivity index (χ3n) is 3.73. The van der Waals surface area contributed by atoms with Crippen molar-refractivity contribution in [1.82, 2.24) is 4.98 Å². The zero-order valence-corrected chi connectivity index (χ0v) is 15.2. The number of benzene rings is 2. The second kappa shape index (κ2) is 8.33. The van der Waals surface area contributed by atoms with Gasteiger partial charge in [0.2, 0.25) is 0 Å². The number of ether oxygens (including phenoxy) is 1. The van der Waals surface area contributed by atoms with Crippen LogP contribution in [0.1, 0.15) is 20.7 Å². The fourth-order valence-corrected chi connectivity index (χ4v) is 2.60. The van der Waals surface area contributed by atoms with Gasteiger partial charge in [0.15, 0.2) is 0 Å². The van der Waals surface area contributed by atoms with Gasteiger partial charge >= 0.3 is 0 Å². The lowest BCUT2D eigenvalue weighted by Gasteiger charge is -2.11. The van der Waals surface area contributed by atoms with Crippen LogP contribution in [0.5, 0.6) is 5.75 Å². The number of aromatic nitrogens is 1. The molecule has 3 rings (SSSR count). The summed E-state index contributed by atoms with van der Waals surface area (Å²) in [6.07, 6.45) is 3.18. The molecular weight excluding hydrogens is 366 g/mol. The average Bonchev–Trinajstić information content (AvgIpc) is 2.69. The smallest absolute Gasteiger partial charge is 0.259 e. The number of carbonyl (C=O) groups is 2. The van der Waals surface area contributed by atoms with Gasteiger partial charge in [-0.25, -0.2) is 0 Å². The molecule has 3 aromatic rings. The van der Waals surface area contributed by atoms with E-state index in [2.05, 4.69) is 15.6 Å². The molecule has 1 heterocycles. The molecule has 6 nitrogen and oxygen atoms in total. The van der Waals surface area contributed by atoms with Gasteiger partial charge in [-0.2, -0.15) is 0 Å². The molecule has 0 saturated carbocycles. The average molecular weight is 382 g/mol. The first-order chi connectivity index (χ1) is 13.1. The molecule has 0 aliphatic carbocycles. The van der Waals surface area contributed by atoms with Crippen LogP contribution in [0.15, 0.2) is 67.0 Å². The number of anilines is 2. The predicted octanol–water partition coefficient (Wildman–Crippen LogP) is 4.25. The zero-order valence-electron chi connectivity index (χ0n) is 14.4. The van der Waals surface area contributed by atoms with Crippen molar-refractivity contribution in [3.63, 3.8) is 0 Å². The van der Waals surface area contributed by atoms with Crippen molar-refractivity contribution in [3.8, 4) is 5.75 Å². The maximum absolute atomic E-state index is 12.6. The minimum absolute atomic E-state index is 0.294. The summed E-state index contributed by atoms with van der Waals surface area (Å²) in [6, 6.07) is 14.8. The Bertz CT molecular complexity index is 977. The van der Waals surface area contributed by atoms with Crippen LogP contribution in [0.3, 0.4) is 0 Å². The number of methoxy groups -OCH3 is 1. The minimum Gasteiger partial charge on any atom is -0.496 e. The van der Waals surface area contributed by atoms with Gasteiger partial charge in [0.1, 0.15) is 5.75 Å². The summed E-state index contributed by atoms with van der Waals surface area (Å²) in [5.41, 5.74) is 1.82. The lowest BCUT2D eigenvalue weighted by Crippen LogP contribution is -2.15. The third kappa shape index (κ3) is 4.62. The number of amides is 2. The van der Waals surface area contributed by atoms with Crippen molar-refractivity contribution in [2.24, 2.45) is 0 Å². The normalized spacial score (nSPS) is 10.1. The lowest BCUT2D eigenvalue weighted by atomic mass is 10.1. The molecular formula is C20H16ClN3O3. The molecule has 0 aliphatic heterocycles. The van der Waals surface area contributed by atoms with E-state index in [1.165, 1.54) is 13.2 Å². The molecule has 0 saturated heterocycles. The van der Waals surface area contributed by atoms with Crippen molar-refractivity contribution in [3.05, 3.63) is 83.1 Å². The Morgan fingerprint density at radius 3 is 2.41 bits per heavy atom. The molecule has 0 fully saturated rings. The molecule has 0 bridgehead atoms. The van der Waals surface area contributed by atoms with Crippen LogP contribution in [0.25, 0.3) is 0 Å². The molecule has 7 heteroatoms. The quantitative estimate of drug-likeness (QED) is 0.692. The summed E-state index contributed by atoms with van der Waals surface area (Å²) >= 11 is 5.97. The Morgan fingerprint density at radius 2 is 1.67 bits per heavy atom. The number of pyridine rings is 1. The van der Waals surface area contributed by atoms with Gasteiger partial charge in [0.25, 0.3) is 11.8 Å². The molecule has 2 amide bonds. The van der Waals surface area contributed by atoms with Crippen LogP contribution >= 0.6 is 11.6 Å². The van der Waals surface area contributed by atoms with Crippen LogP contribution in [0.4, 0.5) is 11.4 Å². The monoisotopic (exact) mass is 381 g/mol. The number of nitrogens with one attached hydrogen (secondary N) is 2. The highest BCUT2D eigenvalue weighted by Gasteiger charge is 2.14. The Labute approximate surface area is 161 Å². The molecule has 136 valence electrons. The highest BCUT2D eigenvalue weighted by molar-refractivity contribution is 6.31. The molecule has 1 aromatic heterocycles. The molecule has 2 N–H and O–H groups in total. The Morgan fingerprint density at radius 1 is 0.926 bits per heavy atom. The molecule has 0 aliphatic rings. The van der Waals surface area contributed by atoms with Crippen molar-refractivity contribution in [2.75, 3.05) is 17.7 Å². The maximum Gasteiger partial charge on any atom is 0.259 e. The summed E-state index contributed by atoms with van der Waals surface area (Å²) in [5.74, 6) is -0.276. The topological polar surface area (TPSA) is 80.3 Å². The lowest BCUT2D eigenvalue weighted by molar-refractivity contribution is 0.101. The van der Waals surface area contributed by atoms with E-state index in [-0.39, 0.29) is 11.8 Å². The van der Waals surface area contributed by atoms with Crippen LogP contribution in [0.2, 0.25) is 5.02 Å². The van der Waals surface area contributed by atoms with E-state index in [0.29, 0.717) is 33.3 Å². The molecule has 0 unspecified atom stereocenters. The van der Waals surface area contributed by atoms with Gasteiger partial charge in [-0.1, -0.05) is 17.7 Å². The summed E-state index contributed by atoms with van der Waals surface area (Å²) < 4.78 is 5.20. The van der Waals surface area contributed by atoms with Crippen LogP contribution < -0.4 is 15.4 Å². The summed E-state index contributed by atoms with van der Waals surface area (Å²) in [7, 11) is 1.48. The Kier molecular flexibility index (Phi) is 5.68. The van der Waals surface area contributed by atoms with Gasteiger partial charge in [-0.3, -0.25) is 14.6 Å². The SMILES string of the molecule is COc1ccc(Cl)cc1C(=O)Nc1cccc(C(=O)Nc2ccncc2)c1. The summed E-state index contributed by atoms with van der Waals surface area (Å²) in [4.78, 5) is 28.8. The van der Waals surface area contributed by atoms with Gasteiger partial charge < -0.3 is 15.4 Å². The number of nitrogens with zero attached hydrogens (tertiary/aromatic N) is 1. The van der Waals surface area contributed by atoms with E-state index in [1.807, 2.05) is 0 Å². The number of carbonyl (C=O) groups excluding carboxylic acids is 2. The van der Waals surface area contributed by atoms with Crippen molar-refractivity contribution in [2.45, 2.75) is 0 Å². The third-order valence-corrected chi connectivity index (χ3v) is 3.96. The number of rotatable bonds is 5. The van der Waals surface area contributed by atoms with E-state index in [0.717, 1.165) is 0 Å². The van der Waals surface area contributed by atoms with Gasteiger partial charge in [-0.15, -0.1) is 0 Å². The van der Waals surface area contributed by atoms with E-state index >= 15 is 0 Å². The van der Waals surface area contributed by atoms with Crippen LogP contribution in [0, 0.1) is 0 Å². The maximum atomic E-state index is 12.6. The molecule has 2 aromatic carbocycles. The molecule has 0 atom stereocenters. The molecule has 0 radical (unpaired) electrons. The predicted molar refractivity (Wildman–Crippen MR) is 105 cm³/mol. The standard InChI is InChI=1S/C20H16ClN3O3/c1-27-18-6-5-14(21)12-17(18)20(26)24-16-4-2-3-13(11-16)19(25)23-15-7-9-22-10-8-15/h2-12H,1H3,(H,24,26)(H,22,23,25). The van der Waals surface area contributed by atoms with Crippen molar-refractivity contribution < 1.29 is 14.3 Å². The van der Waals surface area contributed by atoms with Crippen LogP contribution in [-0.4, -0.2) is 23.9 Å². The van der Waals surface area contributed by atoms with E-state index in [4.69, 9.17) is 16.3 Å². The van der Waals surface area contributed by atoms with E-state index in [1.54, 1.807) is 60.9 Å². The van der Waals surface area contributed by atoms with Gasteiger partial charge in [0, 0.05) is 34.4 Å². The van der Waals surface area contributed by atoms with Crippen LogP contribution in [-0.2, 0) is 0 Å². The zero-order chi connectivity index (χ0) is 19.2. The Balaban J connectivity index is 1.77. The number of halogens is 1. The highest BCUT2D eigenvalue weighted by atomic mass is 35.5. The molecule has 0 spiro atoms. The largest absolute Gasteiger partial charge is 0.496 e. The number of hydrogen-bond donors (Lipinski definition) is 2. The first kappa shape index (κ1) is 18.4. The minimum atomic E-state index is -0.388. The van der Waals surface area contributed by atoms with E-state index in [9.17, 15) is 9.59 Å². The first-order valence-corrected chi connectivity index (χ1v) is 8.41. The van der Waals surface area contributed by atoms with Crippen molar-refractivity contribution >= 4 is 34.8 Å². The van der Waals surface area contributed by atoms with E-state index < -0.39 is 0 Å². The first-order valence-electron chi connectivity index (χ1n) is 8.03. The van der Waals surface area contributed by atoms with Crippen molar-refractivity contribution in [1.29, 1.82) is 0 Å². The second-order valence-corrected chi connectivity index (χ2v) is 6.01.